The molecule has 0 bridgehead atoms. The lowest BCUT2D eigenvalue weighted by Crippen LogP contribution is -2.11. The summed E-state index contributed by atoms with van der Waals surface area (Å²) in [7, 11) is 0. The van der Waals surface area contributed by atoms with Crippen LogP contribution in [0.25, 0.3) is 0 Å². The molecular weight excluding hydrogens is 170 g/mol. The Hall–Kier alpha value is -1.60. The van der Waals surface area contributed by atoms with Gasteiger partial charge in [0, 0.05) is 0 Å². The second-order valence-corrected chi connectivity index (χ2v) is 2.41. The van der Waals surface area contributed by atoms with Crippen molar-refractivity contribution in [3.63, 3.8) is 0 Å². The lowest BCUT2D eigenvalue weighted by molar-refractivity contribution is 0.871. The predicted octanol–water partition coefficient (Wildman–Crippen LogP) is 2.73. The van der Waals surface area contributed by atoms with Crippen molar-refractivity contribution in [3.8, 4) is 0 Å². The van der Waals surface area contributed by atoms with Crippen LogP contribution in [0.4, 0.5) is 0 Å². The van der Waals surface area contributed by atoms with Crippen LogP contribution in [-0.4, -0.2) is 0 Å². The largest absolute Gasteiger partial charge is 0.320 e. The zero-order valence-electron chi connectivity index (χ0n) is 18.1. The lowest BCUT2D eigenvalue weighted by atomic mass is 10.00. The zero-order valence-corrected chi connectivity index (χ0v) is 7.08. The molecule has 1 heteroatoms. The molecule has 2 aromatic carbocycles. The van der Waals surface area contributed by atoms with E-state index in [9.17, 15) is 0 Å². The van der Waals surface area contributed by atoms with E-state index < -0.39 is 77.6 Å². The Kier molecular flexibility index (Phi) is 0.787. The minimum Gasteiger partial charge on any atom is -0.320 e. The predicted molar refractivity (Wildman–Crippen MR) is 58.9 cm³/mol. The molecular formula is C13H13N. The molecule has 0 saturated carbocycles. The van der Waals surface area contributed by atoms with Crippen molar-refractivity contribution in [3.05, 3.63) is 71.6 Å². The number of rotatable bonds is 2. The third-order valence-corrected chi connectivity index (χ3v) is 1.54. The van der Waals surface area contributed by atoms with Gasteiger partial charge in [0.05, 0.1) is 21.1 Å². The van der Waals surface area contributed by atoms with Crippen LogP contribution in [0.2, 0.25) is 0 Å². The lowest BCUT2D eigenvalue weighted by Gasteiger charge is -2.11. The van der Waals surface area contributed by atoms with Gasteiger partial charge in [-0.3, -0.25) is 0 Å². The van der Waals surface area contributed by atoms with E-state index in [-0.39, 0.29) is 0 Å². The molecule has 0 spiro atoms. The van der Waals surface area contributed by atoms with Gasteiger partial charge in [0.2, 0.25) is 0 Å². The van der Waals surface area contributed by atoms with E-state index in [0.29, 0.717) is 0 Å². The minimum atomic E-state index is -2.65. The average molecular weight is 194 g/mol. The van der Waals surface area contributed by atoms with E-state index >= 15 is 0 Å². The summed E-state index contributed by atoms with van der Waals surface area (Å²) in [6.45, 7) is 0. The fourth-order valence-electron chi connectivity index (χ4n) is 0.894. The highest BCUT2D eigenvalue weighted by Crippen LogP contribution is 2.18. The molecule has 0 aromatic heterocycles. The Morgan fingerprint density at radius 3 is 1.57 bits per heavy atom. The van der Waals surface area contributed by atoms with E-state index in [2.05, 4.69) is 0 Å². The van der Waals surface area contributed by atoms with Gasteiger partial charge in [-0.2, -0.15) is 0 Å². The topological polar surface area (TPSA) is 26.0 Å². The molecule has 0 aliphatic carbocycles. The van der Waals surface area contributed by atoms with Crippen molar-refractivity contribution < 1.29 is 15.1 Å². The van der Waals surface area contributed by atoms with Crippen molar-refractivity contribution >= 4 is 0 Å². The van der Waals surface area contributed by atoms with E-state index in [1.54, 1.807) is 0 Å². The summed E-state index contributed by atoms with van der Waals surface area (Å²) < 4.78 is 85.7. The molecule has 0 aliphatic heterocycles. The summed E-state index contributed by atoms with van der Waals surface area (Å²) >= 11 is 0. The number of hydrogen-bond acceptors (Lipinski definition) is 1. The van der Waals surface area contributed by atoms with E-state index in [0.717, 1.165) is 0 Å². The molecule has 0 fully saturated rings. The van der Waals surface area contributed by atoms with Gasteiger partial charge in [-0.15, -0.1) is 0 Å². The number of hydrogen-bond donors (Lipinski definition) is 1. The van der Waals surface area contributed by atoms with Crippen molar-refractivity contribution in [2.24, 2.45) is 5.73 Å². The van der Waals surface area contributed by atoms with Crippen LogP contribution < -0.4 is 5.73 Å². The fraction of sp³-hybridized carbons (Fsp3) is 0.0769. The summed E-state index contributed by atoms with van der Waals surface area (Å²) in [6.07, 6.45) is 0. The Labute approximate surface area is 99.6 Å². The van der Waals surface area contributed by atoms with Crippen LogP contribution >= 0.6 is 0 Å². The maximum atomic E-state index is 8.34. The molecule has 70 valence electrons. The average Bonchev–Trinajstić information content (AvgIpc) is 2.54. The Morgan fingerprint density at radius 1 is 0.857 bits per heavy atom. The molecule has 0 atom stereocenters. The monoisotopic (exact) mass is 194 g/mol. The van der Waals surface area contributed by atoms with Crippen molar-refractivity contribution in [2.75, 3.05) is 0 Å². The van der Waals surface area contributed by atoms with Gasteiger partial charge in [0.1, 0.15) is 0 Å². The van der Waals surface area contributed by atoms with E-state index in [1.165, 1.54) is 0 Å². The molecule has 0 radical (unpaired) electrons. The smallest absolute Gasteiger partial charge is 0.0626 e. The Morgan fingerprint density at radius 2 is 1.21 bits per heavy atom. The number of benzene rings is 2. The second-order valence-electron chi connectivity index (χ2n) is 2.41. The quantitative estimate of drug-likeness (QED) is 0.781. The molecule has 2 N–H and O–H groups in total. The summed E-state index contributed by atoms with van der Waals surface area (Å²) in [5, 5.41) is 0. The Bertz CT molecular complexity index is 761. The molecule has 1 nitrogen and oxygen atoms in total. The molecule has 0 heterocycles. The van der Waals surface area contributed by atoms with Gasteiger partial charge in [-0.25, -0.2) is 0 Å². The van der Waals surface area contributed by atoms with Crippen LogP contribution in [0.15, 0.2) is 60.4 Å². The molecule has 0 unspecified atom stereocenters. The first-order valence-electron chi connectivity index (χ1n) is 9.29. The van der Waals surface area contributed by atoms with Crippen molar-refractivity contribution in [1.82, 2.24) is 0 Å². The highest BCUT2D eigenvalue weighted by molar-refractivity contribution is 5.30. The first kappa shape index (κ1) is 2.71. The summed E-state index contributed by atoms with van der Waals surface area (Å²) in [5.74, 6) is 0. The molecule has 0 saturated heterocycles. The van der Waals surface area contributed by atoms with Gasteiger partial charge in [0.25, 0.3) is 0 Å². The summed E-state index contributed by atoms with van der Waals surface area (Å²) in [4.78, 5) is 0. The zero-order chi connectivity index (χ0) is 19.4. The van der Waals surface area contributed by atoms with E-state index in [1.807, 2.05) is 0 Å². The summed E-state index contributed by atoms with van der Waals surface area (Å²) in [5.41, 5.74) is 4.53. The second kappa shape index (κ2) is 4.07. The minimum absolute atomic E-state index is 0.669. The van der Waals surface area contributed by atoms with Crippen LogP contribution in [0.5, 0.6) is 0 Å². The van der Waals surface area contributed by atoms with Gasteiger partial charge >= 0.3 is 0 Å². The third-order valence-electron chi connectivity index (χ3n) is 1.54. The first-order valence-corrected chi connectivity index (χ1v) is 3.79. The van der Waals surface area contributed by atoms with Crippen LogP contribution in [0.1, 0.15) is 32.2 Å². The standard InChI is InChI=1S/C13H13N/c14-13(11-7-3-1-4-8-11)12-9-5-2-6-10-12/h1-10,13H,14H2/i1D,2D,3D,4D,5D,6D,7D,8D,9D,10D,13D. The number of nitrogens with two attached hydrogens (primary N) is 1. The maximum Gasteiger partial charge on any atom is 0.0626 e. The van der Waals surface area contributed by atoms with Crippen LogP contribution in [-0.2, 0) is 0 Å². The van der Waals surface area contributed by atoms with Gasteiger partial charge in [-0.1, -0.05) is 60.4 Å². The fourth-order valence-corrected chi connectivity index (χ4v) is 0.894. The molecule has 0 aliphatic rings. The molecule has 2 rings (SSSR count). The normalized spacial score (nSPS) is 22.2. The maximum absolute atomic E-state index is 8.34. The van der Waals surface area contributed by atoms with Crippen LogP contribution in [0, 0.1) is 0 Å². The summed E-state index contributed by atoms with van der Waals surface area (Å²) in [6, 6.07) is -10.0. The van der Waals surface area contributed by atoms with Gasteiger partial charge < -0.3 is 5.73 Å². The highest BCUT2D eigenvalue weighted by atomic mass is 14.6. The molecule has 0 amide bonds. The molecule has 14 heavy (non-hydrogen) atoms. The third kappa shape index (κ3) is 1.83. The van der Waals surface area contributed by atoms with Crippen molar-refractivity contribution in [1.29, 1.82) is 0 Å². The van der Waals surface area contributed by atoms with E-state index in [4.69, 9.17) is 20.8 Å². The van der Waals surface area contributed by atoms with Gasteiger partial charge in [0.15, 0.2) is 0 Å². The highest BCUT2D eigenvalue weighted by Gasteiger charge is 2.06. The van der Waals surface area contributed by atoms with Crippen LogP contribution in [0.3, 0.4) is 0 Å². The SMILES string of the molecule is [2H]c1c([2H])c([2H])c(C([2H])(N)c2c([2H])c([2H])c([2H])c([2H])c2[2H])c([2H])c1[2H]. The first-order chi connectivity index (χ1) is 11.4. The van der Waals surface area contributed by atoms with Crippen molar-refractivity contribution in [2.45, 2.75) is 6.02 Å². The van der Waals surface area contributed by atoms with Gasteiger partial charge in [-0.05, 0) is 11.1 Å². The molecule has 2 aromatic rings. The Balaban J connectivity index is 2.96.